The summed E-state index contributed by atoms with van der Waals surface area (Å²) in [5, 5.41) is 6.18. The van der Waals surface area contributed by atoms with E-state index in [0.29, 0.717) is 18.2 Å². The third-order valence-electron chi connectivity index (χ3n) is 5.94. The lowest BCUT2D eigenvalue weighted by Crippen LogP contribution is -2.36. The Morgan fingerprint density at radius 2 is 1.79 bits per heavy atom. The third kappa shape index (κ3) is 4.07. The summed E-state index contributed by atoms with van der Waals surface area (Å²) >= 11 is 1.31. The highest BCUT2D eigenvalue weighted by Crippen LogP contribution is 2.34. The molecule has 2 aromatic carbocycles. The third-order valence-corrected chi connectivity index (χ3v) is 8.65. The van der Waals surface area contributed by atoms with Gasteiger partial charge in [0, 0.05) is 40.6 Å². The van der Waals surface area contributed by atoms with Crippen molar-refractivity contribution in [1.82, 2.24) is 14.3 Å². The van der Waals surface area contributed by atoms with Crippen molar-refractivity contribution in [2.75, 3.05) is 18.4 Å². The van der Waals surface area contributed by atoms with Crippen LogP contribution in [0.5, 0.6) is 0 Å². The molecule has 0 atom stereocenters. The van der Waals surface area contributed by atoms with Crippen molar-refractivity contribution >= 4 is 43.3 Å². The van der Waals surface area contributed by atoms with Gasteiger partial charge in [-0.15, -0.1) is 11.3 Å². The second kappa shape index (κ2) is 8.74. The topological polar surface area (TPSA) is 95.2 Å². The summed E-state index contributed by atoms with van der Waals surface area (Å²) in [6.07, 6.45) is 2.70. The van der Waals surface area contributed by atoms with Crippen molar-refractivity contribution in [1.29, 1.82) is 0 Å². The molecule has 1 aliphatic rings. The van der Waals surface area contributed by atoms with Gasteiger partial charge in [-0.25, -0.2) is 13.4 Å². The molecule has 4 aromatic rings. The first kappa shape index (κ1) is 21.8. The molecule has 1 aliphatic heterocycles. The average Bonchev–Trinajstić information content (AvgIpc) is 3.42. The number of carbonyl (C=O) groups excluding carboxylic acids is 1. The number of nitrogens with zero attached hydrogens (tertiary/aromatic N) is 2. The van der Waals surface area contributed by atoms with Gasteiger partial charge >= 0.3 is 0 Å². The first-order valence-electron chi connectivity index (χ1n) is 10.9. The quantitative estimate of drug-likeness (QED) is 0.419. The molecule has 3 heterocycles. The van der Waals surface area contributed by atoms with Crippen LogP contribution in [-0.4, -0.2) is 41.7 Å². The van der Waals surface area contributed by atoms with Crippen molar-refractivity contribution in [3.63, 3.8) is 0 Å². The summed E-state index contributed by atoms with van der Waals surface area (Å²) in [5.41, 5.74) is 3.91. The van der Waals surface area contributed by atoms with E-state index >= 15 is 0 Å². The Kier molecular flexibility index (Phi) is 5.77. The summed E-state index contributed by atoms with van der Waals surface area (Å²) in [5.74, 6) is -0.484. The van der Waals surface area contributed by atoms with Gasteiger partial charge in [-0.2, -0.15) is 4.31 Å². The number of aromatic nitrogens is 2. The Labute approximate surface area is 196 Å². The number of anilines is 1. The molecular formula is C24H24N4O3S2. The van der Waals surface area contributed by atoms with E-state index in [1.54, 1.807) is 18.2 Å². The van der Waals surface area contributed by atoms with Crippen LogP contribution in [0.1, 0.15) is 35.3 Å². The molecule has 5 rings (SSSR count). The molecule has 0 aliphatic carbocycles. The molecule has 0 radical (unpaired) electrons. The molecular weight excluding hydrogens is 456 g/mol. The number of para-hydroxylation sites is 1. The van der Waals surface area contributed by atoms with Crippen molar-refractivity contribution in [3.8, 4) is 11.3 Å². The fourth-order valence-corrected chi connectivity index (χ4v) is 6.74. The maximum atomic E-state index is 13.2. The van der Waals surface area contributed by atoms with E-state index in [-0.39, 0.29) is 10.5 Å². The van der Waals surface area contributed by atoms with Gasteiger partial charge in [0.15, 0.2) is 5.13 Å². The second-order valence-corrected chi connectivity index (χ2v) is 10.9. The summed E-state index contributed by atoms with van der Waals surface area (Å²) in [6.45, 7) is 2.96. The molecule has 9 heteroatoms. The van der Waals surface area contributed by atoms with Crippen LogP contribution in [0.2, 0.25) is 0 Å². The number of piperidine rings is 1. The van der Waals surface area contributed by atoms with Crippen LogP contribution in [0.15, 0.2) is 58.8 Å². The predicted octanol–water partition coefficient (Wildman–Crippen LogP) is 5.03. The number of nitrogens with one attached hydrogen (secondary N) is 2. The summed E-state index contributed by atoms with van der Waals surface area (Å²) < 4.78 is 27.9. The van der Waals surface area contributed by atoms with Gasteiger partial charge in [-0.1, -0.05) is 36.8 Å². The zero-order chi connectivity index (χ0) is 23.0. The minimum atomic E-state index is -3.74. The van der Waals surface area contributed by atoms with E-state index in [4.69, 9.17) is 0 Å². The number of aryl methyl sites for hydroxylation is 1. The van der Waals surface area contributed by atoms with E-state index in [9.17, 15) is 13.2 Å². The van der Waals surface area contributed by atoms with Gasteiger partial charge in [0.1, 0.15) is 0 Å². The lowest BCUT2D eigenvalue weighted by molar-refractivity contribution is 0.102. The molecule has 1 fully saturated rings. The van der Waals surface area contributed by atoms with Crippen LogP contribution in [0.3, 0.4) is 0 Å². The molecule has 0 bridgehead atoms. The van der Waals surface area contributed by atoms with Gasteiger partial charge < -0.3 is 4.98 Å². The highest BCUT2D eigenvalue weighted by molar-refractivity contribution is 7.89. The molecule has 0 spiro atoms. The Morgan fingerprint density at radius 1 is 1.06 bits per heavy atom. The number of H-pyrrole nitrogens is 1. The number of aromatic amines is 1. The average molecular weight is 481 g/mol. The fourth-order valence-electron chi connectivity index (χ4n) is 4.34. The van der Waals surface area contributed by atoms with E-state index in [2.05, 4.69) is 15.3 Å². The Hall–Kier alpha value is -3.01. The van der Waals surface area contributed by atoms with Crippen molar-refractivity contribution < 1.29 is 13.2 Å². The van der Waals surface area contributed by atoms with Gasteiger partial charge in [0.2, 0.25) is 10.0 Å². The number of hydrogen-bond acceptors (Lipinski definition) is 5. The standard InChI is InChI=1S/C24H24N4O3S2/c1-16-22(17-9-3-5-11-19(17)25-16)20-15-32-24(26-20)27-23(29)18-10-4-6-12-21(18)33(30,31)28-13-7-2-8-14-28/h3-6,9-12,15,25H,2,7-8,13-14H2,1H3,(H,26,27,29). The maximum Gasteiger partial charge on any atom is 0.258 e. The number of fused-ring (bicyclic) bond motifs is 1. The molecule has 0 saturated carbocycles. The van der Waals surface area contributed by atoms with Gasteiger partial charge in [0.25, 0.3) is 5.91 Å². The molecule has 33 heavy (non-hydrogen) atoms. The maximum absolute atomic E-state index is 13.2. The smallest absolute Gasteiger partial charge is 0.258 e. The first-order chi connectivity index (χ1) is 15.9. The Balaban J connectivity index is 1.43. The zero-order valence-electron chi connectivity index (χ0n) is 18.2. The molecule has 1 saturated heterocycles. The SMILES string of the molecule is Cc1[nH]c2ccccc2c1-c1csc(NC(=O)c2ccccc2S(=O)(=O)N2CCCCC2)n1. The van der Waals surface area contributed by atoms with Crippen molar-refractivity contribution in [2.45, 2.75) is 31.1 Å². The van der Waals surface area contributed by atoms with E-state index in [1.165, 1.54) is 21.7 Å². The van der Waals surface area contributed by atoms with Crippen LogP contribution in [0, 0.1) is 6.92 Å². The summed E-state index contributed by atoms with van der Waals surface area (Å²) in [6, 6.07) is 14.4. The van der Waals surface area contributed by atoms with Crippen LogP contribution in [-0.2, 0) is 10.0 Å². The first-order valence-corrected chi connectivity index (χ1v) is 13.2. The van der Waals surface area contributed by atoms with Crippen LogP contribution in [0.4, 0.5) is 5.13 Å². The van der Waals surface area contributed by atoms with Crippen molar-refractivity contribution in [3.05, 3.63) is 65.2 Å². The second-order valence-electron chi connectivity index (χ2n) is 8.12. The molecule has 2 aromatic heterocycles. The predicted molar refractivity (Wildman–Crippen MR) is 131 cm³/mol. The van der Waals surface area contributed by atoms with Crippen LogP contribution >= 0.6 is 11.3 Å². The Bertz CT molecular complexity index is 1430. The van der Waals surface area contributed by atoms with E-state index in [1.807, 2.05) is 36.6 Å². The summed E-state index contributed by atoms with van der Waals surface area (Å²) in [4.78, 5) is 21.1. The number of carbonyl (C=O) groups is 1. The molecule has 2 N–H and O–H groups in total. The number of benzene rings is 2. The number of hydrogen-bond donors (Lipinski definition) is 2. The zero-order valence-corrected chi connectivity index (χ0v) is 19.8. The molecule has 170 valence electrons. The van der Waals surface area contributed by atoms with Gasteiger partial charge in [-0.3, -0.25) is 10.1 Å². The monoisotopic (exact) mass is 480 g/mol. The highest BCUT2D eigenvalue weighted by atomic mass is 32.2. The Morgan fingerprint density at radius 3 is 2.61 bits per heavy atom. The van der Waals surface area contributed by atoms with Gasteiger partial charge in [-0.05, 0) is 38.0 Å². The van der Waals surface area contributed by atoms with E-state index < -0.39 is 15.9 Å². The fraction of sp³-hybridized carbons (Fsp3) is 0.250. The highest BCUT2D eigenvalue weighted by Gasteiger charge is 2.30. The molecule has 7 nitrogen and oxygen atoms in total. The normalized spacial score (nSPS) is 15.1. The lowest BCUT2D eigenvalue weighted by Gasteiger charge is -2.26. The largest absolute Gasteiger partial charge is 0.358 e. The minimum Gasteiger partial charge on any atom is -0.358 e. The number of sulfonamides is 1. The minimum absolute atomic E-state index is 0.0358. The van der Waals surface area contributed by atoms with Crippen LogP contribution in [0.25, 0.3) is 22.2 Å². The van der Waals surface area contributed by atoms with Gasteiger partial charge in [0.05, 0.1) is 16.2 Å². The van der Waals surface area contributed by atoms with Crippen LogP contribution < -0.4 is 5.32 Å². The number of rotatable bonds is 5. The van der Waals surface area contributed by atoms with Crippen molar-refractivity contribution in [2.24, 2.45) is 0 Å². The molecule has 1 amide bonds. The number of amides is 1. The van der Waals surface area contributed by atoms with E-state index in [0.717, 1.165) is 47.1 Å². The lowest BCUT2D eigenvalue weighted by atomic mass is 10.1. The summed E-state index contributed by atoms with van der Waals surface area (Å²) in [7, 11) is -3.74. The number of thiazole rings is 1. The molecule has 0 unspecified atom stereocenters.